The topological polar surface area (TPSA) is 65.9 Å². The Bertz CT molecular complexity index is 1140. The fourth-order valence-electron chi connectivity index (χ4n) is 4.84. The van der Waals surface area contributed by atoms with Gasteiger partial charge in [-0.2, -0.15) is 0 Å². The molecule has 6 heteroatoms. The van der Waals surface area contributed by atoms with Crippen LogP contribution in [-0.2, 0) is 13.0 Å². The number of hydrogen-bond acceptors (Lipinski definition) is 5. The molecule has 1 saturated heterocycles. The maximum atomic E-state index is 12.7. The number of benzene rings is 2. The first-order valence-electron chi connectivity index (χ1n) is 12.1. The predicted molar refractivity (Wildman–Crippen MR) is 132 cm³/mol. The summed E-state index contributed by atoms with van der Waals surface area (Å²) < 4.78 is 5.93. The highest BCUT2D eigenvalue weighted by atomic mass is 16.5. The molecule has 3 heterocycles. The van der Waals surface area contributed by atoms with Crippen molar-refractivity contribution in [3.05, 3.63) is 83.7 Å². The van der Waals surface area contributed by atoms with Crippen LogP contribution in [0.1, 0.15) is 34.3 Å². The third-order valence-electron chi connectivity index (χ3n) is 6.67. The molecular formula is C28H31N3O3. The molecule has 1 fully saturated rings. The van der Waals surface area contributed by atoms with E-state index in [0.717, 1.165) is 56.6 Å². The number of carbonyl (C=O) groups is 1. The van der Waals surface area contributed by atoms with Gasteiger partial charge in [0.05, 0.1) is 5.56 Å². The molecule has 6 nitrogen and oxygen atoms in total. The smallest absolute Gasteiger partial charge is 0.255 e. The molecule has 176 valence electrons. The van der Waals surface area contributed by atoms with Crippen molar-refractivity contribution in [3.8, 4) is 16.9 Å². The Hall–Kier alpha value is -3.22. The molecule has 0 bridgehead atoms. The summed E-state index contributed by atoms with van der Waals surface area (Å²) in [5.41, 5.74) is 5.17. The zero-order valence-corrected chi connectivity index (χ0v) is 19.4. The summed E-state index contributed by atoms with van der Waals surface area (Å²) in [7, 11) is 0. The average molecular weight is 458 g/mol. The van der Waals surface area contributed by atoms with Crippen molar-refractivity contribution in [2.75, 3.05) is 32.8 Å². The first kappa shape index (κ1) is 22.6. The van der Waals surface area contributed by atoms with Crippen LogP contribution < -0.4 is 4.74 Å². The zero-order valence-electron chi connectivity index (χ0n) is 19.4. The number of β-amino-alcohol motifs (C(OH)–C–C–N with tert-alkyl or cyclic N) is 1. The summed E-state index contributed by atoms with van der Waals surface area (Å²) >= 11 is 0. The van der Waals surface area contributed by atoms with Gasteiger partial charge >= 0.3 is 0 Å². The molecule has 1 unspecified atom stereocenters. The van der Waals surface area contributed by atoms with E-state index < -0.39 is 6.10 Å². The first-order valence-corrected chi connectivity index (χ1v) is 12.1. The van der Waals surface area contributed by atoms with E-state index in [2.05, 4.69) is 34.1 Å². The number of aromatic nitrogens is 1. The number of hydrogen-bond donors (Lipinski definition) is 1. The minimum atomic E-state index is -0.572. The van der Waals surface area contributed by atoms with E-state index in [-0.39, 0.29) is 12.5 Å². The van der Waals surface area contributed by atoms with Crippen molar-refractivity contribution >= 4 is 5.91 Å². The zero-order chi connectivity index (χ0) is 23.3. The lowest BCUT2D eigenvalue weighted by Gasteiger charge is -2.30. The Labute approximate surface area is 200 Å². The van der Waals surface area contributed by atoms with Crippen molar-refractivity contribution in [1.29, 1.82) is 0 Å². The lowest BCUT2D eigenvalue weighted by atomic mass is 10.00. The van der Waals surface area contributed by atoms with Gasteiger partial charge in [0.1, 0.15) is 18.5 Å². The molecule has 5 rings (SSSR count). The van der Waals surface area contributed by atoms with Crippen LogP contribution >= 0.6 is 0 Å². The fourth-order valence-corrected chi connectivity index (χ4v) is 4.84. The normalized spacial score (nSPS) is 16.8. The van der Waals surface area contributed by atoms with Crippen LogP contribution in [0.15, 0.2) is 67.0 Å². The van der Waals surface area contributed by atoms with Crippen molar-refractivity contribution in [2.45, 2.75) is 31.9 Å². The van der Waals surface area contributed by atoms with Crippen molar-refractivity contribution < 1.29 is 14.6 Å². The largest absolute Gasteiger partial charge is 0.491 e. The van der Waals surface area contributed by atoms with Gasteiger partial charge in [0.15, 0.2) is 0 Å². The van der Waals surface area contributed by atoms with E-state index >= 15 is 0 Å². The molecule has 1 atom stereocenters. The van der Waals surface area contributed by atoms with Crippen molar-refractivity contribution in [1.82, 2.24) is 14.8 Å². The first-order chi connectivity index (χ1) is 16.7. The Balaban J connectivity index is 1.19. The molecule has 34 heavy (non-hydrogen) atoms. The monoisotopic (exact) mass is 457 g/mol. The Morgan fingerprint density at radius 2 is 1.79 bits per heavy atom. The number of carbonyl (C=O) groups excluding carboxylic acids is 1. The molecule has 1 N–H and O–H groups in total. The number of aliphatic hydroxyl groups excluding tert-OH is 1. The van der Waals surface area contributed by atoms with Crippen LogP contribution in [-0.4, -0.2) is 64.7 Å². The maximum Gasteiger partial charge on any atom is 0.255 e. The lowest BCUT2D eigenvalue weighted by Crippen LogP contribution is -2.38. The number of fused-ring (bicyclic) bond motifs is 1. The standard InChI is InChI=1S/C28H31N3O3/c32-26(19-30-13-10-21-6-1-2-7-23(21)18-30)20-34-27-9-5-8-22(15-27)24-14-25(17-29-16-24)28(33)31-11-3-4-12-31/h1-2,5-9,14-17,26,32H,3-4,10-13,18-20H2. The van der Waals surface area contributed by atoms with E-state index in [4.69, 9.17) is 4.74 Å². The average Bonchev–Trinajstić information content (AvgIpc) is 3.42. The molecule has 0 spiro atoms. The summed E-state index contributed by atoms with van der Waals surface area (Å²) in [6, 6.07) is 18.1. The molecule has 2 aliphatic rings. The van der Waals surface area contributed by atoms with Gasteiger partial charge in [-0.25, -0.2) is 0 Å². The number of pyridine rings is 1. The summed E-state index contributed by atoms with van der Waals surface area (Å²) in [6.45, 7) is 4.26. The van der Waals surface area contributed by atoms with E-state index in [1.807, 2.05) is 35.2 Å². The summed E-state index contributed by atoms with van der Waals surface area (Å²) in [4.78, 5) is 21.2. The van der Waals surface area contributed by atoms with Crippen LogP contribution in [0.5, 0.6) is 5.75 Å². The summed E-state index contributed by atoms with van der Waals surface area (Å²) in [5, 5.41) is 10.6. The molecule has 2 aliphatic heterocycles. The van der Waals surface area contributed by atoms with E-state index in [0.29, 0.717) is 17.9 Å². The van der Waals surface area contributed by atoms with E-state index in [1.165, 1.54) is 11.1 Å². The molecule has 1 amide bonds. The molecule has 0 radical (unpaired) electrons. The number of amides is 1. The Kier molecular flexibility index (Phi) is 6.88. The number of ether oxygens (including phenoxy) is 1. The summed E-state index contributed by atoms with van der Waals surface area (Å²) in [6.07, 6.45) is 5.98. The highest BCUT2D eigenvalue weighted by Gasteiger charge is 2.21. The molecule has 2 aromatic carbocycles. The van der Waals surface area contributed by atoms with Crippen LogP contribution in [0.3, 0.4) is 0 Å². The van der Waals surface area contributed by atoms with Gasteiger partial charge in [-0.15, -0.1) is 0 Å². The maximum absolute atomic E-state index is 12.7. The fraction of sp³-hybridized carbons (Fsp3) is 0.357. The van der Waals surface area contributed by atoms with Crippen LogP contribution in [0.25, 0.3) is 11.1 Å². The molecular weight excluding hydrogens is 426 g/mol. The lowest BCUT2D eigenvalue weighted by molar-refractivity contribution is 0.0638. The molecule has 1 aromatic heterocycles. The Morgan fingerprint density at radius 3 is 2.65 bits per heavy atom. The predicted octanol–water partition coefficient (Wildman–Crippen LogP) is 3.78. The number of rotatable bonds is 7. The van der Waals surface area contributed by atoms with Gasteiger partial charge < -0.3 is 14.7 Å². The second-order valence-electron chi connectivity index (χ2n) is 9.21. The number of aliphatic hydroxyl groups is 1. The third-order valence-corrected chi connectivity index (χ3v) is 6.67. The molecule has 3 aromatic rings. The number of nitrogens with zero attached hydrogens (tertiary/aromatic N) is 3. The van der Waals surface area contributed by atoms with Gasteiger partial charge in [0.25, 0.3) is 5.91 Å². The SMILES string of the molecule is O=C(c1cncc(-c2cccc(OCC(O)CN3CCc4ccccc4C3)c2)c1)N1CCCC1. The van der Waals surface area contributed by atoms with Crippen molar-refractivity contribution in [2.24, 2.45) is 0 Å². The van der Waals surface area contributed by atoms with Gasteiger partial charge in [-0.3, -0.25) is 14.7 Å². The number of likely N-dealkylation sites (tertiary alicyclic amines) is 1. The van der Waals surface area contributed by atoms with Crippen LogP contribution in [0, 0.1) is 0 Å². The minimum absolute atomic E-state index is 0.0442. The minimum Gasteiger partial charge on any atom is -0.491 e. The van der Waals surface area contributed by atoms with Gasteiger partial charge in [0.2, 0.25) is 0 Å². The third kappa shape index (κ3) is 5.29. The van der Waals surface area contributed by atoms with Crippen LogP contribution in [0.4, 0.5) is 0 Å². The Morgan fingerprint density at radius 1 is 0.971 bits per heavy atom. The second-order valence-corrected chi connectivity index (χ2v) is 9.21. The van der Waals surface area contributed by atoms with Crippen molar-refractivity contribution in [3.63, 3.8) is 0 Å². The highest BCUT2D eigenvalue weighted by Crippen LogP contribution is 2.25. The summed E-state index contributed by atoms with van der Waals surface area (Å²) in [5.74, 6) is 0.736. The molecule has 0 saturated carbocycles. The van der Waals surface area contributed by atoms with Gasteiger partial charge in [0, 0.05) is 50.7 Å². The van der Waals surface area contributed by atoms with Gasteiger partial charge in [-0.05, 0) is 54.2 Å². The van der Waals surface area contributed by atoms with Crippen LogP contribution in [0.2, 0.25) is 0 Å². The van der Waals surface area contributed by atoms with E-state index in [9.17, 15) is 9.90 Å². The quantitative estimate of drug-likeness (QED) is 0.585. The van der Waals surface area contributed by atoms with Gasteiger partial charge in [-0.1, -0.05) is 36.4 Å². The van der Waals surface area contributed by atoms with E-state index in [1.54, 1.807) is 12.4 Å². The second kappa shape index (κ2) is 10.4. The molecule has 0 aliphatic carbocycles. The highest BCUT2D eigenvalue weighted by molar-refractivity contribution is 5.95.